The number of rotatable bonds is 3. The van der Waals surface area contributed by atoms with E-state index in [-0.39, 0.29) is 0 Å². The second kappa shape index (κ2) is 5.02. The lowest BCUT2D eigenvalue weighted by Crippen LogP contribution is -1.89. The maximum atomic E-state index is 4.33. The monoisotopic (exact) mass is 250 g/mol. The van der Waals surface area contributed by atoms with Gasteiger partial charge >= 0.3 is 0 Å². The van der Waals surface area contributed by atoms with Crippen molar-refractivity contribution < 1.29 is 0 Å². The molecule has 0 saturated carbocycles. The van der Waals surface area contributed by atoms with Gasteiger partial charge in [-0.05, 0) is 18.4 Å². The van der Waals surface area contributed by atoms with Crippen molar-refractivity contribution in [2.75, 3.05) is 0 Å². The number of imidazole rings is 1. The van der Waals surface area contributed by atoms with E-state index < -0.39 is 0 Å². The lowest BCUT2D eigenvalue weighted by molar-refractivity contribution is 0.758. The predicted octanol–water partition coefficient (Wildman–Crippen LogP) is 4.47. The van der Waals surface area contributed by atoms with Crippen LogP contribution in [0.4, 0.5) is 11.6 Å². The van der Waals surface area contributed by atoms with E-state index in [9.17, 15) is 0 Å². The highest BCUT2D eigenvalue weighted by molar-refractivity contribution is 5.92. The molecule has 4 nitrogen and oxygen atoms in total. The van der Waals surface area contributed by atoms with Crippen LogP contribution in [-0.2, 0) is 6.54 Å². The van der Waals surface area contributed by atoms with E-state index in [2.05, 4.69) is 40.3 Å². The molecule has 0 aliphatic rings. The number of hydrogen-bond donors (Lipinski definition) is 0. The maximum Gasteiger partial charge on any atom is 0.249 e. The molecule has 0 atom stereocenters. The fraction of sp³-hybridized carbons (Fsp3) is 0.133. The Bertz CT molecular complexity index is 722. The Hall–Kier alpha value is -2.49. The smallest absolute Gasteiger partial charge is 0.249 e. The van der Waals surface area contributed by atoms with Gasteiger partial charge in [0, 0.05) is 24.3 Å². The zero-order chi connectivity index (χ0) is 13.1. The first-order valence-corrected chi connectivity index (χ1v) is 6.29. The maximum absolute atomic E-state index is 4.33. The molecule has 0 saturated heterocycles. The third-order valence-electron chi connectivity index (χ3n) is 3.05. The topological polar surface area (TPSA) is 42.5 Å². The molecule has 4 heteroatoms. The summed E-state index contributed by atoms with van der Waals surface area (Å²) in [6, 6.07) is 14.2. The van der Waals surface area contributed by atoms with E-state index in [0.717, 1.165) is 23.0 Å². The van der Waals surface area contributed by atoms with Gasteiger partial charge in [-0.25, -0.2) is 4.98 Å². The van der Waals surface area contributed by atoms with Crippen LogP contribution >= 0.6 is 0 Å². The molecule has 3 aromatic rings. The summed E-state index contributed by atoms with van der Waals surface area (Å²) >= 11 is 0. The summed E-state index contributed by atoms with van der Waals surface area (Å²) in [5.41, 5.74) is 0.865. The largest absolute Gasteiger partial charge is 0.315 e. The fourth-order valence-electron chi connectivity index (χ4n) is 2.05. The predicted molar refractivity (Wildman–Crippen MR) is 76.0 cm³/mol. The van der Waals surface area contributed by atoms with Crippen LogP contribution < -0.4 is 0 Å². The van der Waals surface area contributed by atoms with Crippen molar-refractivity contribution in [2.45, 2.75) is 13.5 Å². The standard InChI is InChI=1S/C15H14N4/c1-2-19-11-10-16-15(19)18-17-14-9-5-7-12-6-3-4-8-13(12)14/h3-11H,2H2,1H3. The molecule has 1 aromatic heterocycles. The molecule has 0 unspecified atom stereocenters. The first kappa shape index (κ1) is 11.6. The van der Waals surface area contributed by atoms with Crippen molar-refractivity contribution >= 4 is 22.4 Å². The second-order valence-electron chi connectivity index (χ2n) is 4.21. The molecular formula is C15H14N4. The summed E-state index contributed by atoms with van der Waals surface area (Å²) in [5, 5.41) is 10.8. The van der Waals surface area contributed by atoms with Crippen molar-refractivity contribution in [3.05, 3.63) is 54.9 Å². The number of fused-ring (bicyclic) bond motifs is 1. The quantitative estimate of drug-likeness (QED) is 0.632. The highest BCUT2D eigenvalue weighted by atomic mass is 15.3. The van der Waals surface area contributed by atoms with Crippen molar-refractivity contribution in [2.24, 2.45) is 10.2 Å². The van der Waals surface area contributed by atoms with Gasteiger partial charge in [-0.1, -0.05) is 36.4 Å². The number of benzene rings is 2. The Kier molecular flexibility index (Phi) is 3.06. The average Bonchev–Trinajstić information content (AvgIpc) is 2.92. The summed E-state index contributed by atoms with van der Waals surface area (Å²) in [7, 11) is 0. The Morgan fingerprint density at radius 1 is 1.05 bits per heavy atom. The van der Waals surface area contributed by atoms with Crippen LogP contribution in [0.15, 0.2) is 65.1 Å². The zero-order valence-corrected chi connectivity index (χ0v) is 10.7. The second-order valence-corrected chi connectivity index (χ2v) is 4.21. The molecule has 19 heavy (non-hydrogen) atoms. The normalized spacial score (nSPS) is 11.4. The van der Waals surface area contributed by atoms with Gasteiger partial charge in [0.2, 0.25) is 5.95 Å². The lowest BCUT2D eigenvalue weighted by atomic mass is 10.1. The Labute approximate surface area is 111 Å². The van der Waals surface area contributed by atoms with Crippen molar-refractivity contribution in [3.8, 4) is 0 Å². The highest BCUT2D eigenvalue weighted by Crippen LogP contribution is 2.26. The van der Waals surface area contributed by atoms with Crippen molar-refractivity contribution in [3.63, 3.8) is 0 Å². The van der Waals surface area contributed by atoms with Gasteiger partial charge in [-0.3, -0.25) is 0 Å². The Morgan fingerprint density at radius 3 is 2.79 bits per heavy atom. The van der Waals surface area contributed by atoms with Gasteiger partial charge < -0.3 is 4.57 Å². The van der Waals surface area contributed by atoms with Gasteiger partial charge in [0.15, 0.2) is 0 Å². The van der Waals surface area contributed by atoms with Crippen molar-refractivity contribution in [1.29, 1.82) is 0 Å². The number of aryl methyl sites for hydroxylation is 1. The molecule has 0 aliphatic carbocycles. The van der Waals surface area contributed by atoms with Crippen LogP contribution in [0.25, 0.3) is 10.8 Å². The third-order valence-corrected chi connectivity index (χ3v) is 3.05. The number of aromatic nitrogens is 2. The van der Waals surface area contributed by atoms with E-state index in [0.29, 0.717) is 5.95 Å². The molecule has 0 N–H and O–H groups in total. The minimum atomic E-state index is 0.635. The molecule has 0 bridgehead atoms. The third kappa shape index (κ3) is 2.25. The summed E-state index contributed by atoms with van der Waals surface area (Å²) in [6.07, 6.45) is 3.64. The summed E-state index contributed by atoms with van der Waals surface area (Å²) in [5.74, 6) is 0.635. The van der Waals surface area contributed by atoms with E-state index in [4.69, 9.17) is 0 Å². The molecule has 1 heterocycles. The zero-order valence-electron chi connectivity index (χ0n) is 10.7. The molecule has 0 aliphatic heterocycles. The molecule has 3 rings (SSSR count). The van der Waals surface area contributed by atoms with Crippen LogP contribution in [-0.4, -0.2) is 9.55 Å². The van der Waals surface area contributed by atoms with Crippen LogP contribution in [0.3, 0.4) is 0 Å². The van der Waals surface area contributed by atoms with Gasteiger partial charge in [0.05, 0.1) is 5.69 Å². The van der Waals surface area contributed by atoms with E-state index >= 15 is 0 Å². The highest BCUT2D eigenvalue weighted by Gasteiger charge is 2.01. The molecule has 0 fully saturated rings. The van der Waals surface area contributed by atoms with E-state index in [1.54, 1.807) is 6.20 Å². The van der Waals surface area contributed by atoms with Gasteiger partial charge in [-0.15, -0.1) is 10.2 Å². The molecule has 2 aromatic carbocycles. The van der Waals surface area contributed by atoms with E-state index in [1.165, 1.54) is 0 Å². The summed E-state index contributed by atoms with van der Waals surface area (Å²) < 4.78 is 1.95. The van der Waals surface area contributed by atoms with Crippen LogP contribution in [0.2, 0.25) is 0 Å². The minimum Gasteiger partial charge on any atom is -0.315 e. The number of azo groups is 1. The van der Waals surface area contributed by atoms with Crippen molar-refractivity contribution in [1.82, 2.24) is 9.55 Å². The van der Waals surface area contributed by atoms with Gasteiger partial charge in [0.25, 0.3) is 0 Å². The first-order valence-electron chi connectivity index (χ1n) is 6.29. The summed E-state index contributed by atoms with van der Waals surface area (Å²) in [6.45, 7) is 2.89. The Morgan fingerprint density at radius 2 is 1.89 bits per heavy atom. The Balaban J connectivity index is 2.02. The van der Waals surface area contributed by atoms with Gasteiger partial charge in [-0.2, -0.15) is 0 Å². The van der Waals surface area contributed by atoms with Gasteiger partial charge in [0.1, 0.15) is 0 Å². The molecular weight excluding hydrogens is 236 g/mol. The minimum absolute atomic E-state index is 0.635. The average molecular weight is 250 g/mol. The SMILES string of the molecule is CCn1ccnc1N=Nc1cccc2ccccc12. The van der Waals surface area contributed by atoms with Crippen LogP contribution in [0.1, 0.15) is 6.92 Å². The van der Waals surface area contributed by atoms with Crippen LogP contribution in [0.5, 0.6) is 0 Å². The number of nitrogens with zero attached hydrogens (tertiary/aromatic N) is 4. The number of hydrogen-bond acceptors (Lipinski definition) is 3. The summed E-state index contributed by atoms with van der Waals surface area (Å²) in [4.78, 5) is 4.18. The van der Waals surface area contributed by atoms with Crippen LogP contribution in [0, 0.1) is 0 Å². The fourth-order valence-corrected chi connectivity index (χ4v) is 2.05. The molecule has 94 valence electrons. The lowest BCUT2D eigenvalue weighted by Gasteiger charge is -2.01. The molecule has 0 radical (unpaired) electrons. The van der Waals surface area contributed by atoms with E-state index in [1.807, 2.05) is 35.0 Å². The first-order chi connectivity index (χ1) is 9.38. The molecule has 0 spiro atoms. The molecule has 0 amide bonds.